The fourth-order valence-electron chi connectivity index (χ4n) is 10.3. The predicted molar refractivity (Wildman–Crippen MR) is 264 cm³/mol. The van der Waals surface area contributed by atoms with Crippen molar-refractivity contribution in [1.82, 2.24) is 10.2 Å². The molecule has 0 unspecified atom stereocenters. The molecule has 2 saturated carbocycles. The number of ketones is 2. The summed E-state index contributed by atoms with van der Waals surface area (Å²) < 4.78 is 115. The number of amides is 1. The van der Waals surface area contributed by atoms with E-state index in [9.17, 15) is 44.4 Å². The minimum absolute atomic E-state index is 0. The number of nitrogens with one attached hydrogen (secondary N) is 3. The number of carbonyl (C=O) groups is 3. The number of Topliss-reactive ketones (excluding diaryl/α,β-unsaturated/α-hetero) is 2. The SMILES string of the molecule is C.C1COCCN1.O=C(c1cc(NS(=O)(=O)c2ccc(F)cc2N2CCOCC2)cc2c1CC(=O)C21CCC1)N1CCOCC1.O=C1Cc2c(Br)cc(NS(=O)(=O)c3ccc(F)cc3F)cc2C12CCC2. The molecular weight excluding hydrogens is 1030 g/mol. The number of rotatable bonds is 8. The first-order valence-electron chi connectivity index (χ1n) is 23.4. The average Bonchev–Trinajstić information content (AvgIpc) is 3.80. The van der Waals surface area contributed by atoms with Crippen LogP contribution in [0.4, 0.5) is 30.2 Å². The van der Waals surface area contributed by atoms with Crippen LogP contribution in [0.15, 0.2) is 74.9 Å². The molecule has 4 aliphatic carbocycles. The van der Waals surface area contributed by atoms with Crippen LogP contribution < -0.4 is 19.7 Å². The highest BCUT2D eigenvalue weighted by Crippen LogP contribution is 2.54. The molecule has 3 N–H and O–H groups in total. The summed E-state index contributed by atoms with van der Waals surface area (Å²) in [6.45, 7) is 7.26. The third-order valence-corrected chi connectivity index (χ3v) is 17.8. The van der Waals surface area contributed by atoms with Crippen LogP contribution in [0.5, 0.6) is 0 Å². The Morgan fingerprint density at radius 3 is 1.65 bits per heavy atom. The molecule has 3 aliphatic heterocycles. The summed E-state index contributed by atoms with van der Waals surface area (Å²) in [4.78, 5) is 41.9. The maximum Gasteiger partial charge on any atom is 0.264 e. The van der Waals surface area contributed by atoms with Gasteiger partial charge in [0.15, 0.2) is 0 Å². The van der Waals surface area contributed by atoms with E-state index in [1.54, 1.807) is 28.0 Å². The van der Waals surface area contributed by atoms with E-state index in [1.807, 2.05) is 0 Å². The number of halogens is 4. The van der Waals surface area contributed by atoms with Crippen molar-refractivity contribution >= 4 is 70.5 Å². The van der Waals surface area contributed by atoms with E-state index in [2.05, 4.69) is 30.7 Å². The van der Waals surface area contributed by atoms with Gasteiger partial charge in [0.2, 0.25) is 0 Å². The van der Waals surface area contributed by atoms with Crippen molar-refractivity contribution in [1.29, 1.82) is 0 Å². The number of sulfonamides is 2. The number of morpholine rings is 3. The van der Waals surface area contributed by atoms with E-state index >= 15 is 0 Å². The van der Waals surface area contributed by atoms with Gasteiger partial charge in [-0.1, -0.05) is 36.2 Å². The van der Waals surface area contributed by atoms with E-state index in [1.165, 1.54) is 18.2 Å². The van der Waals surface area contributed by atoms with E-state index < -0.39 is 53.2 Å². The molecule has 0 radical (unpaired) electrons. The van der Waals surface area contributed by atoms with Gasteiger partial charge in [-0.15, -0.1) is 0 Å². The van der Waals surface area contributed by atoms with Crippen molar-refractivity contribution in [2.45, 2.75) is 79.4 Å². The lowest BCUT2D eigenvalue weighted by molar-refractivity contribution is -0.126. The molecule has 4 aromatic rings. The highest BCUT2D eigenvalue weighted by atomic mass is 79.9. The van der Waals surface area contributed by atoms with Crippen LogP contribution in [0.3, 0.4) is 0 Å². The summed E-state index contributed by atoms with van der Waals surface area (Å²) in [7, 11) is -8.40. The zero-order chi connectivity index (χ0) is 49.4. The van der Waals surface area contributed by atoms with Gasteiger partial charge in [0.25, 0.3) is 26.0 Å². The number of ether oxygens (including phenoxy) is 3. The van der Waals surface area contributed by atoms with Gasteiger partial charge in [-0.3, -0.25) is 23.8 Å². The van der Waals surface area contributed by atoms with Crippen LogP contribution >= 0.6 is 15.9 Å². The summed E-state index contributed by atoms with van der Waals surface area (Å²) in [6, 6.07) is 12.4. The van der Waals surface area contributed by atoms with Gasteiger partial charge in [0, 0.05) is 73.9 Å². The molecule has 382 valence electrons. The van der Waals surface area contributed by atoms with Crippen LogP contribution in [0.25, 0.3) is 0 Å². The Bertz CT molecular complexity index is 2930. The van der Waals surface area contributed by atoms with Crippen molar-refractivity contribution in [3.05, 3.63) is 110 Å². The van der Waals surface area contributed by atoms with Gasteiger partial charge in [-0.25, -0.2) is 30.0 Å². The first kappa shape index (κ1) is 52.4. The van der Waals surface area contributed by atoms with Crippen molar-refractivity contribution in [3.63, 3.8) is 0 Å². The molecule has 0 bridgehead atoms. The number of carbonyl (C=O) groups excluding carboxylic acids is 3. The Kier molecular flexibility index (Phi) is 15.7. The number of hydrogen-bond acceptors (Lipinski definition) is 12. The lowest BCUT2D eigenvalue weighted by atomic mass is 9.64. The minimum Gasteiger partial charge on any atom is -0.379 e. The summed E-state index contributed by atoms with van der Waals surface area (Å²) >= 11 is 3.41. The lowest BCUT2D eigenvalue weighted by Gasteiger charge is -2.38. The third-order valence-electron chi connectivity index (χ3n) is 14.3. The van der Waals surface area contributed by atoms with E-state index in [-0.39, 0.29) is 53.3 Å². The first-order valence-corrected chi connectivity index (χ1v) is 27.1. The normalized spacial score (nSPS) is 19.7. The minimum atomic E-state index is -4.23. The maximum atomic E-state index is 14.2. The van der Waals surface area contributed by atoms with Crippen LogP contribution in [-0.2, 0) is 67.5 Å². The van der Waals surface area contributed by atoms with Gasteiger partial charge < -0.3 is 29.3 Å². The molecule has 5 fully saturated rings. The fourth-order valence-corrected chi connectivity index (χ4v) is 13.2. The highest BCUT2D eigenvalue weighted by molar-refractivity contribution is 9.10. The topological polar surface area (TPSA) is 190 Å². The van der Waals surface area contributed by atoms with E-state index in [4.69, 9.17) is 14.2 Å². The monoisotopic (exact) mass is 1090 g/mol. The van der Waals surface area contributed by atoms with Gasteiger partial charge >= 0.3 is 0 Å². The second kappa shape index (κ2) is 21.3. The quantitative estimate of drug-likeness (QED) is 0.168. The molecule has 0 aromatic heterocycles. The molecule has 3 heterocycles. The van der Waals surface area contributed by atoms with Crippen LogP contribution in [0.2, 0.25) is 0 Å². The Balaban J connectivity index is 0.000000177. The second-order valence-electron chi connectivity index (χ2n) is 18.4. The molecule has 2 spiro atoms. The van der Waals surface area contributed by atoms with Crippen LogP contribution in [0.1, 0.15) is 78.6 Å². The fraction of sp³-hybridized carbons (Fsp3) is 0.460. The zero-order valence-electron chi connectivity index (χ0n) is 38.2. The molecule has 0 atom stereocenters. The second-order valence-corrected chi connectivity index (χ2v) is 22.5. The number of fused-ring (bicyclic) bond motifs is 4. The molecule has 71 heavy (non-hydrogen) atoms. The van der Waals surface area contributed by atoms with Crippen LogP contribution in [0, 0.1) is 17.5 Å². The smallest absolute Gasteiger partial charge is 0.264 e. The maximum absolute atomic E-state index is 14.2. The van der Waals surface area contributed by atoms with Gasteiger partial charge in [0.1, 0.15) is 38.8 Å². The largest absolute Gasteiger partial charge is 0.379 e. The molecule has 7 aliphatic rings. The number of benzene rings is 4. The summed E-state index contributed by atoms with van der Waals surface area (Å²) in [5, 5.41) is 3.16. The Morgan fingerprint density at radius 1 is 0.634 bits per heavy atom. The molecule has 11 rings (SSSR count). The molecule has 21 heteroatoms. The van der Waals surface area contributed by atoms with Gasteiger partial charge in [0.05, 0.1) is 61.8 Å². The van der Waals surface area contributed by atoms with Crippen LogP contribution in [-0.4, -0.2) is 118 Å². The lowest BCUT2D eigenvalue weighted by Crippen LogP contribution is -2.41. The average molecular weight is 1090 g/mol. The number of hydrogen-bond donors (Lipinski definition) is 3. The van der Waals surface area contributed by atoms with Crippen molar-refractivity contribution in [2.24, 2.45) is 0 Å². The van der Waals surface area contributed by atoms with Gasteiger partial charge in [-0.2, -0.15) is 0 Å². The molecule has 4 aromatic carbocycles. The van der Waals surface area contributed by atoms with E-state index in [0.717, 1.165) is 86.9 Å². The third kappa shape index (κ3) is 10.5. The first-order chi connectivity index (χ1) is 33.5. The highest BCUT2D eigenvalue weighted by Gasteiger charge is 2.52. The molecular formula is C50H57BrF3N5O10S2. The zero-order valence-corrected chi connectivity index (χ0v) is 41.4. The Hall–Kier alpha value is -4.90. The predicted octanol–water partition coefficient (Wildman–Crippen LogP) is 6.80. The summed E-state index contributed by atoms with van der Waals surface area (Å²) in [5.74, 6) is -2.54. The Morgan fingerprint density at radius 2 is 1.13 bits per heavy atom. The summed E-state index contributed by atoms with van der Waals surface area (Å²) in [5.41, 5.74) is 3.07. The molecule has 15 nitrogen and oxygen atoms in total. The van der Waals surface area contributed by atoms with Crippen molar-refractivity contribution < 1.29 is 58.6 Å². The molecule has 1 amide bonds. The van der Waals surface area contributed by atoms with Crippen molar-refractivity contribution in [2.75, 3.05) is 93.3 Å². The number of anilines is 3. The van der Waals surface area contributed by atoms with Crippen molar-refractivity contribution in [3.8, 4) is 0 Å². The Labute approximate surface area is 420 Å². The van der Waals surface area contributed by atoms with Gasteiger partial charge in [-0.05, 0) is 103 Å². The molecule has 3 saturated heterocycles. The standard InChI is InChI=1S/C27H30FN3O6S.C18H14BrF2NO3S.C4H9NO.CH4/c28-18-2-3-24(23(14-18)30-6-10-36-11-7-30)38(34,35)29-19-15-21(26(33)31-8-12-37-13-9-31)20-17-25(32)27(4-1-5-27)22(20)16-19;19-14-8-11(7-13-12(14)9-17(23)18(13)4-1-5-18)22-26(24,25)16-3-2-10(20)6-15(16)21;1-3-6-4-2-5-1;/h2-3,14-16,29H,1,4-13,17H2;2-3,6-8,22H,1,4-5,9H2;5H,1-4H2;1H4. The summed E-state index contributed by atoms with van der Waals surface area (Å²) in [6.07, 6.45) is 5.27. The number of nitrogens with zero attached hydrogens (tertiary/aromatic N) is 2. The van der Waals surface area contributed by atoms with E-state index in [0.29, 0.717) is 93.5 Å².